The number of anilines is 2. The molecule has 14 heteroatoms. The highest BCUT2D eigenvalue weighted by Crippen LogP contribution is 2.47. The van der Waals surface area contributed by atoms with Crippen molar-refractivity contribution >= 4 is 43.4 Å². The molecule has 0 aliphatic carbocycles. The van der Waals surface area contributed by atoms with Gasteiger partial charge in [0.15, 0.2) is 10.9 Å². The summed E-state index contributed by atoms with van der Waals surface area (Å²) in [4.78, 5) is 17.5. The Hall–Kier alpha value is -3.36. The predicted molar refractivity (Wildman–Crippen MR) is 167 cm³/mol. The van der Waals surface area contributed by atoms with Crippen molar-refractivity contribution < 1.29 is 26.7 Å². The number of alkyl halides is 3. The largest absolute Gasteiger partial charge is 0.461 e. The van der Waals surface area contributed by atoms with E-state index in [-0.39, 0.29) is 55.2 Å². The van der Waals surface area contributed by atoms with E-state index in [1.807, 2.05) is 4.90 Å². The molecule has 6 heterocycles. The van der Waals surface area contributed by atoms with E-state index in [4.69, 9.17) is 15.5 Å². The number of hydrogen-bond acceptors (Lipinski definition) is 9. The summed E-state index contributed by atoms with van der Waals surface area (Å²) in [6.45, 7) is 2.28. The minimum atomic E-state index is -4.96. The molecule has 8 nitrogen and oxygen atoms in total. The van der Waals surface area contributed by atoms with Gasteiger partial charge in [-0.05, 0) is 82.7 Å². The van der Waals surface area contributed by atoms with Crippen LogP contribution in [0.25, 0.3) is 32.2 Å². The van der Waals surface area contributed by atoms with Gasteiger partial charge in [0.2, 0.25) is 0 Å². The summed E-state index contributed by atoms with van der Waals surface area (Å²) in [5.74, 6) is -1.71. The maximum atomic E-state index is 16.9. The molecule has 2 aromatic carbocycles. The van der Waals surface area contributed by atoms with Crippen LogP contribution in [0.15, 0.2) is 18.2 Å². The van der Waals surface area contributed by atoms with E-state index in [2.05, 4.69) is 20.2 Å². The molecule has 4 aliphatic heterocycles. The second kappa shape index (κ2) is 10.8. The van der Waals surface area contributed by atoms with Crippen molar-refractivity contribution in [1.29, 1.82) is 0 Å². The first-order valence-corrected chi connectivity index (χ1v) is 16.7. The zero-order chi connectivity index (χ0) is 32.0. The van der Waals surface area contributed by atoms with Crippen LogP contribution in [0.1, 0.15) is 56.9 Å². The Labute approximate surface area is 266 Å². The molecule has 3 N–H and O–H groups in total. The fourth-order valence-corrected chi connectivity index (χ4v) is 9.15. The van der Waals surface area contributed by atoms with E-state index >= 15 is 4.39 Å². The zero-order valence-electron chi connectivity index (χ0n) is 25.3. The van der Waals surface area contributed by atoms with Crippen LogP contribution in [0.5, 0.6) is 6.01 Å². The fraction of sp³-hybridized carbons (Fsp3) is 0.531. The Kier molecular flexibility index (Phi) is 7.07. The lowest BCUT2D eigenvalue weighted by Crippen LogP contribution is -2.47. The second-order valence-electron chi connectivity index (χ2n) is 13.2. The normalized spacial score (nSPS) is 24.3. The summed E-state index contributed by atoms with van der Waals surface area (Å²) in [6, 6.07) is 3.56. The molecule has 46 heavy (non-hydrogen) atoms. The van der Waals surface area contributed by atoms with Crippen LogP contribution in [0.3, 0.4) is 0 Å². The second-order valence-corrected chi connectivity index (χ2v) is 14.3. The number of nitrogens with zero attached hydrogens (tertiary/aromatic N) is 5. The van der Waals surface area contributed by atoms with Gasteiger partial charge >= 0.3 is 12.2 Å². The summed E-state index contributed by atoms with van der Waals surface area (Å²) < 4.78 is 82.3. The molecule has 0 spiro atoms. The fourth-order valence-electron chi connectivity index (χ4n) is 8.38. The number of nitrogen functional groups attached to an aromatic ring is 1. The van der Waals surface area contributed by atoms with Crippen molar-refractivity contribution in [2.45, 2.75) is 81.2 Å². The lowest BCUT2D eigenvalue weighted by Gasteiger charge is -2.37. The third-order valence-electron chi connectivity index (χ3n) is 10.6. The van der Waals surface area contributed by atoms with Crippen LogP contribution in [0.4, 0.5) is 32.9 Å². The number of aromatic nitrogens is 3. The topological polar surface area (TPSA) is 92.4 Å². The van der Waals surface area contributed by atoms with Gasteiger partial charge in [0, 0.05) is 41.7 Å². The predicted octanol–water partition coefficient (Wildman–Crippen LogP) is 6.51. The van der Waals surface area contributed by atoms with Gasteiger partial charge in [-0.3, -0.25) is 4.90 Å². The van der Waals surface area contributed by atoms with Crippen molar-refractivity contribution in [3.8, 4) is 17.1 Å². The molecule has 2 aromatic heterocycles. The van der Waals surface area contributed by atoms with E-state index < -0.39 is 28.9 Å². The first-order valence-electron chi connectivity index (χ1n) is 15.8. The van der Waals surface area contributed by atoms with Gasteiger partial charge in [0.1, 0.15) is 23.8 Å². The highest BCUT2D eigenvalue weighted by molar-refractivity contribution is 7.22. The number of halogens is 5. The van der Waals surface area contributed by atoms with Crippen LogP contribution < -0.4 is 20.7 Å². The molecule has 244 valence electrons. The van der Waals surface area contributed by atoms with Crippen molar-refractivity contribution in [3.63, 3.8) is 0 Å². The Bertz CT molecular complexity index is 1830. The summed E-state index contributed by atoms with van der Waals surface area (Å²) in [5.41, 5.74) is 3.05. The Balaban J connectivity index is 1.31. The number of rotatable bonds is 6. The molecule has 3 atom stereocenters. The minimum Gasteiger partial charge on any atom is -0.461 e. The van der Waals surface area contributed by atoms with Gasteiger partial charge < -0.3 is 20.7 Å². The Morgan fingerprint density at radius 3 is 2.48 bits per heavy atom. The van der Waals surface area contributed by atoms with Gasteiger partial charge in [-0.15, -0.1) is 0 Å². The van der Waals surface area contributed by atoms with Gasteiger partial charge in [-0.1, -0.05) is 11.3 Å². The molecule has 4 aromatic rings. The average molecular weight is 660 g/mol. The van der Waals surface area contributed by atoms with Crippen LogP contribution >= 0.6 is 11.3 Å². The van der Waals surface area contributed by atoms with Crippen LogP contribution in [0, 0.1) is 11.6 Å². The summed E-state index contributed by atoms with van der Waals surface area (Å²) in [7, 11) is 1.80. The van der Waals surface area contributed by atoms with Gasteiger partial charge in [-0.2, -0.15) is 23.1 Å². The molecule has 4 saturated heterocycles. The van der Waals surface area contributed by atoms with E-state index in [1.54, 1.807) is 7.05 Å². The molecule has 4 aliphatic rings. The molecule has 0 amide bonds. The minimum absolute atomic E-state index is 0.0183. The summed E-state index contributed by atoms with van der Waals surface area (Å²) in [5, 5.41) is 3.49. The maximum absolute atomic E-state index is 16.9. The van der Waals surface area contributed by atoms with Crippen molar-refractivity contribution in [2.24, 2.45) is 0 Å². The van der Waals surface area contributed by atoms with E-state index in [9.17, 15) is 17.6 Å². The molecule has 8 rings (SSSR count). The standard InChI is InChI=1S/C32H34F5N7OS/c1-43(18-12-16-4-5-17(13-18)39-16)28-20-14-21(32(35,36)37)23(19-6-7-22(33)27-26(19)40-29(38)46-27)24(34)25(20)41-30(42-28)45-15-31-8-2-10-44(31)11-3-9-31/h6-7,14,16-18,39H,2-5,8-13,15H2,1H3,(H2,38,40)/t16-,17?,18?/m1/s1. The summed E-state index contributed by atoms with van der Waals surface area (Å²) >= 11 is 0.793. The number of benzene rings is 2. The molecule has 0 saturated carbocycles. The third kappa shape index (κ3) is 4.86. The number of hydrogen-bond donors (Lipinski definition) is 2. The number of fused-ring (bicyclic) bond motifs is 5. The SMILES string of the molecule is CN(c1nc(OCC23CCCN2CCC3)nc2c(F)c(-c3ccc(F)c4sc(N)nc34)c(C(F)(F)F)cc12)C1CC2CC[C@H](C1)N2. The van der Waals surface area contributed by atoms with Crippen LogP contribution in [-0.4, -0.2) is 70.3 Å². The van der Waals surface area contributed by atoms with Crippen LogP contribution in [-0.2, 0) is 6.18 Å². The first-order chi connectivity index (χ1) is 22.0. The number of ether oxygens (including phenoxy) is 1. The van der Waals surface area contributed by atoms with Crippen LogP contribution in [0.2, 0.25) is 0 Å². The van der Waals surface area contributed by atoms with E-state index in [0.29, 0.717) is 18.7 Å². The lowest BCUT2D eigenvalue weighted by atomic mass is 9.94. The van der Waals surface area contributed by atoms with Crippen molar-refractivity contribution in [2.75, 3.05) is 37.4 Å². The first kappa shape index (κ1) is 30.0. The third-order valence-corrected chi connectivity index (χ3v) is 11.5. The monoisotopic (exact) mass is 659 g/mol. The number of thiazole rings is 1. The summed E-state index contributed by atoms with van der Waals surface area (Å²) in [6.07, 6.45) is 2.74. The molecule has 4 fully saturated rings. The highest BCUT2D eigenvalue weighted by Gasteiger charge is 2.45. The quantitative estimate of drug-likeness (QED) is 0.227. The van der Waals surface area contributed by atoms with Crippen molar-refractivity contribution in [1.82, 2.24) is 25.2 Å². The highest BCUT2D eigenvalue weighted by atomic mass is 32.1. The molecule has 0 radical (unpaired) electrons. The zero-order valence-corrected chi connectivity index (χ0v) is 26.1. The smallest absolute Gasteiger partial charge is 0.417 e. The molecular weight excluding hydrogens is 625 g/mol. The van der Waals surface area contributed by atoms with Gasteiger partial charge in [0.25, 0.3) is 0 Å². The average Bonchev–Trinajstić information content (AvgIpc) is 3.79. The van der Waals surface area contributed by atoms with E-state index in [0.717, 1.165) is 94.0 Å². The maximum Gasteiger partial charge on any atom is 0.417 e. The van der Waals surface area contributed by atoms with Gasteiger partial charge in [-0.25, -0.2) is 13.8 Å². The Morgan fingerprint density at radius 1 is 1.07 bits per heavy atom. The number of nitrogens with two attached hydrogens (primary N) is 1. The molecular formula is C32H34F5N7OS. The number of piperidine rings is 1. The lowest BCUT2D eigenvalue weighted by molar-refractivity contribution is -0.137. The van der Waals surface area contributed by atoms with Crippen molar-refractivity contribution in [3.05, 3.63) is 35.4 Å². The van der Waals surface area contributed by atoms with E-state index in [1.165, 1.54) is 0 Å². The number of nitrogens with one attached hydrogen (secondary N) is 1. The Morgan fingerprint density at radius 2 is 1.78 bits per heavy atom. The van der Waals surface area contributed by atoms with Gasteiger partial charge in [0.05, 0.1) is 21.3 Å². The molecule has 2 bridgehead atoms. The molecule has 2 unspecified atom stereocenters.